The van der Waals surface area contributed by atoms with E-state index in [0.717, 1.165) is 30.5 Å². The predicted molar refractivity (Wildman–Crippen MR) is 119 cm³/mol. The van der Waals surface area contributed by atoms with Gasteiger partial charge in [-0.25, -0.2) is 0 Å². The molecule has 168 valence electrons. The number of nitrogens with zero attached hydrogens (tertiary/aromatic N) is 1. The van der Waals surface area contributed by atoms with Gasteiger partial charge >= 0.3 is 6.18 Å². The summed E-state index contributed by atoms with van der Waals surface area (Å²) in [5.74, 6) is -0.495. The summed E-state index contributed by atoms with van der Waals surface area (Å²) < 4.78 is 40.1. The number of aryl methyl sites for hydroxylation is 1. The lowest BCUT2D eigenvalue weighted by atomic mass is 10.0. The molecule has 0 spiro atoms. The number of halogens is 3. The Morgan fingerprint density at radius 1 is 1.00 bits per heavy atom. The molecule has 2 aromatic carbocycles. The molecule has 0 aliphatic rings. The van der Waals surface area contributed by atoms with Gasteiger partial charge in [0.25, 0.3) is 11.5 Å². The highest BCUT2D eigenvalue weighted by atomic mass is 19.4. The zero-order chi connectivity index (χ0) is 23.1. The van der Waals surface area contributed by atoms with Crippen LogP contribution in [-0.4, -0.2) is 17.0 Å². The van der Waals surface area contributed by atoms with Gasteiger partial charge in [0.2, 0.25) is 0 Å². The van der Waals surface area contributed by atoms with E-state index < -0.39 is 23.2 Å². The molecule has 1 aromatic heterocycles. The van der Waals surface area contributed by atoms with E-state index in [1.54, 1.807) is 6.20 Å². The first-order valence-electron chi connectivity index (χ1n) is 10.5. The van der Waals surface area contributed by atoms with Crippen LogP contribution in [0.15, 0.2) is 71.7 Å². The number of aromatic nitrogens is 1. The molecule has 1 amide bonds. The van der Waals surface area contributed by atoms with E-state index in [9.17, 15) is 22.8 Å². The maximum atomic E-state index is 12.9. The minimum absolute atomic E-state index is 0.0217. The summed E-state index contributed by atoms with van der Waals surface area (Å²) in [6.07, 6.45) is -0.611. The summed E-state index contributed by atoms with van der Waals surface area (Å²) in [5, 5.41) is 2.78. The molecule has 3 aromatic rings. The Morgan fingerprint density at radius 2 is 1.69 bits per heavy atom. The first-order chi connectivity index (χ1) is 15.3. The molecule has 0 saturated heterocycles. The number of hydrogen-bond acceptors (Lipinski definition) is 2. The molecule has 4 nitrogen and oxygen atoms in total. The number of amides is 1. The second kappa shape index (κ2) is 10.3. The Balaban J connectivity index is 1.87. The zero-order valence-corrected chi connectivity index (χ0v) is 17.8. The van der Waals surface area contributed by atoms with Crippen LogP contribution in [0.2, 0.25) is 0 Å². The first kappa shape index (κ1) is 23.3. The van der Waals surface area contributed by atoms with Crippen molar-refractivity contribution in [1.29, 1.82) is 0 Å². The van der Waals surface area contributed by atoms with Gasteiger partial charge in [0.1, 0.15) is 5.56 Å². The van der Waals surface area contributed by atoms with E-state index in [-0.39, 0.29) is 5.56 Å². The Kier molecular flexibility index (Phi) is 7.51. The first-order valence-corrected chi connectivity index (χ1v) is 10.5. The number of nitrogens with one attached hydrogen (secondary N) is 1. The van der Waals surface area contributed by atoms with Crippen LogP contribution in [0.25, 0.3) is 11.1 Å². The zero-order valence-electron chi connectivity index (χ0n) is 17.8. The number of hydrogen-bond donors (Lipinski definition) is 1. The van der Waals surface area contributed by atoms with Crippen LogP contribution < -0.4 is 10.9 Å². The lowest BCUT2D eigenvalue weighted by molar-refractivity contribution is -0.137. The molecule has 7 heteroatoms. The average molecular weight is 442 g/mol. The monoisotopic (exact) mass is 442 g/mol. The molecule has 0 bridgehead atoms. The number of benzene rings is 2. The van der Waals surface area contributed by atoms with Crippen molar-refractivity contribution >= 4 is 5.91 Å². The molecule has 32 heavy (non-hydrogen) atoms. The van der Waals surface area contributed by atoms with Gasteiger partial charge < -0.3 is 9.88 Å². The van der Waals surface area contributed by atoms with Gasteiger partial charge in [-0.1, -0.05) is 55.8 Å². The standard InChI is InChI=1S/C25H25F3N2O2/c1-2-3-15-30-17-20(19-9-11-21(12-10-19)25(26,27)28)16-22(24(30)32)23(31)29-14-13-18-7-5-4-6-8-18/h4-12,16-17H,2-3,13-15H2,1H3,(H,29,31). The van der Waals surface area contributed by atoms with Gasteiger partial charge in [-0.3, -0.25) is 9.59 Å². The molecular weight excluding hydrogens is 417 g/mol. The van der Waals surface area contributed by atoms with Crippen molar-refractivity contribution in [2.24, 2.45) is 0 Å². The normalized spacial score (nSPS) is 11.4. The highest BCUT2D eigenvalue weighted by Gasteiger charge is 2.30. The van der Waals surface area contributed by atoms with Crippen molar-refractivity contribution in [1.82, 2.24) is 9.88 Å². The summed E-state index contributed by atoms with van der Waals surface area (Å²) >= 11 is 0. The molecule has 0 aliphatic carbocycles. The van der Waals surface area contributed by atoms with Gasteiger partial charge in [0.15, 0.2) is 0 Å². The lowest BCUT2D eigenvalue weighted by Gasteiger charge is -2.13. The fraction of sp³-hybridized carbons (Fsp3) is 0.280. The molecule has 1 heterocycles. The van der Waals surface area contributed by atoms with E-state index in [1.165, 1.54) is 22.8 Å². The van der Waals surface area contributed by atoms with E-state index in [2.05, 4.69) is 5.32 Å². The number of carbonyl (C=O) groups excluding carboxylic acids is 1. The molecule has 0 atom stereocenters. The van der Waals surface area contributed by atoms with Crippen molar-refractivity contribution in [2.45, 2.75) is 38.9 Å². The second-order valence-corrected chi connectivity index (χ2v) is 7.56. The van der Waals surface area contributed by atoms with Crippen molar-refractivity contribution in [3.8, 4) is 11.1 Å². The summed E-state index contributed by atoms with van der Waals surface area (Å²) in [6, 6.07) is 15.8. The Morgan fingerprint density at radius 3 is 2.31 bits per heavy atom. The van der Waals surface area contributed by atoms with Crippen LogP contribution in [0, 0.1) is 0 Å². The molecule has 0 fully saturated rings. The van der Waals surface area contributed by atoms with Gasteiger partial charge in [-0.05, 0) is 47.7 Å². The molecule has 0 aliphatic heterocycles. The van der Waals surface area contributed by atoms with E-state index in [4.69, 9.17) is 0 Å². The number of rotatable bonds is 8. The number of carbonyl (C=O) groups is 1. The van der Waals surface area contributed by atoms with Gasteiger partial charge in [0.05, 0.1) is 5.56 Å². The maximum absolute atomic E-state index is 12.9. The Labute approximate surface area is 184 Å². The number of alkyl halides is 3. The average Bonchev–Trinajstić information content (AvgIpc) is 2.78. The summed E-state index contributed by atoms with van der Waals surface area (Å²) in [7, 11) is 0. The van der Waals surface area contributed by atoms with Gasteiger partial charge in [-0.2, -0.15) is 13.2 Å². The SMILES string of the molecule is CCCCn1cc(-c2ccc(C(F)(F)F)cc2)cc(C(=O)NCCc2ccccc2)c1=O. The third kappa shape index (κ3) is 5.87. The van der Waals surface area contributed by atoms with E-state index in [1.807, 2.05) is 37.3 Å². The van der Waals surface area contributed by atoms with E-state index >= 15 is 0 Å². The van der Waals surface area contributed by atoms with Crippen LogP contribution in [0.5, 0.6) is 0 Å². The number of pyridine rings is 1. The molecule has 0 radical (unpaired) electrons. The van der Waals surface area contributed by atoms with Crippen LogP contribution in [-0.2, 0) is 19.1 Å². The Hall–Kier alpha value is -3.35. The predicted octanol–water partition coefficient (Wildman–Crippen LogP) is 5.31. The van der Waals surface area contributed by atoms with Gasteiger partial charge in [-0.15, -0.1) is 0 Å². The van der Waals surface area contributed by atoms with Crippen LogP contribution in [0.4, 0.5) is 13.2 Å². The summed E-state index contributed by atoms with van der Waals surface area (Å²) in [5.41, 5.74) is 0.896. The second-order valence-electron chi connectivity index (χ2n) is 7.56. The molecule has 0 saturated carbocycles. The van der Waals surface area contributed by atoms with Crippen LogP contribution >= 0.6 is 0 Å². The third-order valence-electron chi connectivity index (χ3n) is 5.17. The largest absolute Gasteiger partial charge is 0.416 e. The molecule has 0 unspecified atom stereocenters. The van der Waals surface area contributed by atoms with Crippen molar-refractivity contribution < 1.29 is 18.0 Å². The summed E-state index contributed by atoms with van der Waals surface area (Å²) in [6.45, 7) is 2.78. The minimum Gasteiger partial charge on any atom is -0.352 e. The maximum Gasteiger partial charge on any atom is 0.416 e. The molecular formula is C25H25F3N2O2. The fourth-order valence-corrected chi connectivity index (χ4v) is 3.36. The summed E-state index contributed by atoms with van der Waals surface area (Å²) in [4.78, 5) is 25.6. The van der Waals surface area contributed by atoms with Crippen LogP contribution in [0.3, 0.4) is 0 Å². The quantitative estimate of drug-likeness (QED) is 0.514. The third-order valence-corrected chi connectivity index (χ3v) is 5.17. The number of unbranched alkanes of at least 4 members (excludes halogenated alkanes) is 1. The highest BCUT2D eigenvalue weighted by Crippen LogP contribution is 2.31. The smallest absolute Gasteiger partial charge is 0.352 e. The fourth-order valence-electron chi connectivity index (χ4n) is 3.36. The molecule has 3 rings (SSSR count). The Bertz CT molecular complexity index is 1100. The minimum atomic E-state index is -4.43. The lowest BCUT2D eigenvalue weighted by Crippen LogP contribution is -2.34. The van der Waals surface area contributed by atoms with Crippen LogP contribution in [0.1, 0.15) is 41.3 Å². The van der Waals surface area contributed by atoms with Crippen molar-refractivity contribution in [3.63, 3.8) is 0 Å². The van der Waals surface area contributed by atoms with Crippen molar-refractivity contribution in [2.75, 3.05) is 6.54 Å². The topological polar surface area (TPSA) is 51.1 Å². The molecule has 1 N–H and O–H groups in total. The van der Waals surface area contributed by atoms with Gasteiger partial charge in [0, 0.05) is 19.3 Å². The van der Waals surface area contributed by atoms with Crippen molar-refractivity contribution in [3.05, 3.63) is 93.9 Å². The van der Waals surface area contributed by atoms with E-state index in [0.29, 0.717) is 30.6 Å². The highest BCUT2D eigenvalue weighted by molar-refractivity contribution is 5.95.